The Labute approximate surface area is 116 Å². The van der Waals surface area contributed by atoms with Crippen LogP contribution < -0.4 is 22.2 Å². The molecule has 5 N–H and O–H groups in total. The molecule has 0 aliphatic carbocycles. The smallest absolute Gasteiger partial charge is 0.270 e. The molecule has 0 amide bonds. The maximum atomic E-state index is 11.7. The zero-order chi connectivity index (χ0) is 14.5. The van der Waals surface area contributed by atoms with E-state index in [9.17, 15) is 9.59 Å². The molecule has 0 radical (unpaired) electrons. The Balaban J connectivity index is 2.18. The summed E-state index contributed by atoms with van der Waals surface area (Å²) in [5.41, 5.74) is 6.12. The van der Waals surface area contributed by atoms with E-state index in [0.29, 0.717) is 10.8 Å². The first kappa shape index (κ1) is 14.3. The van der Waals surface area contributed by atoms with E-state index < -0.39 is 0 Å². The molecular weight excluding hydrogens is 256 g/mol. The van der Waals surface area contributed by atoms with Crippen molar-refractivity contribution in [3.63, 3.8) is 0 Å². The van der Waals surface area contributed by atoms with Gasteiger partial charge in [0, 0.05) is 5.69 Å². The molecule has 0 aliphatic heterocycles. The fraction of sp³-hybridized carbons (Fsp3) is 0.429. The van der Waals surface area contributed by atoms with Crippen LogP contribution in [-0.2, 0) is 0 Å². The number of benzene rings is 1. The van der Waals surface area contributed by atoms with Gasteiger partial charge in [0.25, 0.3) is 11.1 Å². The number of H-pyrrole nitrogens is 2. The Morgan fingerprint density at radius 2 is 1.85 bits per heavy atom. The van der Waals surface area contributed by atoms with E-state index in [2.05, 4.69) is 22.4 Å². The molecule has 6 heteroatoms. The second kappa shape index (κ2) is 6.38. The molecule has 2 rings (SSSR count). The summed E-state index contributed by atoms with van der Waals surface area (Å²) in [7, 11) is 0. The van der Waals surface area contributed by atoms with Crippen molar-refractivity contribution in [2.75, 3.05) is 5.32 Å². The zero-order valence-electron chi connectivity index (χ0n) is 11.5. The van der Waals surface area contributed by atoms with Crippen molar-refractivity contribution in [1.82, 2.24) is 10.2 Å². The van der Waals surface area contributed by atoms with Gasteiger partial charge in [0.15, 0.2) is 0 Å². The largest absolute Gasteiger partial charge is 0.370 e. The average Bonchev–Trinajstić information content (AvgIpc) is 2.43. The first-order chi connectivity index (χ1) is 9.61. The number of nitrogens with one attached hydrogen (secondary N) is 3. The molecule has 1 atom stereocenters. The van der Waals surface area contributed by atoms with Crippen LogP contribution in [0.5, 0.6) is 0 Å². The third-order valence-corrected chi connectivity index (χ3v) is 3.27. The summed E-state index contributed by atoms with van der Waals surface area (Å²) >= 11 is 0. The minimum atomic E-state index is -0.317. The number of aromatic amines is 2. The highest BCUT2D eigenvalue weighted by Gasteiger charge is 2.06. The number of fused-ring (bicyclic) bond motifs is 1. The van der Waals surface area contributed by atoms with Gasteiger partial charge in [0.1, 0.15) is 0 Å². The average molecular weight is 276 g/mol. The Bertz CT molecular complexity index is 689. The van der Waals surface area contributed by atoms with Crippen molar-refractivity contribution < 1.29 is 0 Å². The molecule has 1 aromatic carbocycles. The van der Waals surface area contributed by atoms with Gasteiger partial charge in [0.2, 0.25) is 0 Å². The van der Waals surface area contributed by atoms with E-state index in [0.717, 1.165) is 31.4 Å². The fourth-order valence-electron chi connectivity index (χ4n) is 2.17. The normalized spacial score (nSPS) is 12.5. The van der Waals surface area contributed by atoms with Gasteiger partial charge in [-0.1, -0.05) is 26.2 Å². The predicted octanol–water partition coefficient (Wildman–Crippen LogP) is 1.49. The number of hydrogen-bond acceptors (Lipinski definition) is 4. The molecule has 1 aromatic heterocycles. The molecule has 1 heterocycles. The van der Waals surface area contributed by atoms with Crippen LogP contribution in [0.3, 0.4) is 0 Å². The van der Waals surface area contributed by atoms with Gasteiger partial charge in [0.05, 0.1) is 16.9 Å². The lowest BCUT2D eigenvalue weighted by molar-refractivity contribution is 0.600. The zero-order valence-corrected chi connectivity index (χ0v) is 11.5. The molecular formula is C14H20N4O2. The number of unbranched alkanes of at least 4 members (excludes halogenated alkanes) is 2. The summed E-state index contributed by atoms with van der Waals surface area (Å²) in [6.07, 6.45) is 4.10. The van der Waals surface area contributed by atoms with E-state index in [1.54, 1.807) is 18.2 Å². The quantitative estimate of drug-likeness (QED) is 0.474. The van der Waals surface area contributed by atoms with E-state index in [4.69, 9.17) is 5.73 Å². The molecule has 1 unspecified atom stereocenters. The van der Waals surface area contributed by atoms with Crippen molar-refractivity contribution in [2.45, 2.75) is 38.8 Å². The van der Waals surface area contributed by atoms with Gasteiger partial charge in [-0.05, 0) is 24.6 Å². The highest BCUT2D eigenvalue weighted by atomic mass is 16.1. The third kappa shape index (κ3) is 3.27. The lowest BCUT2D eigenvalue weighted by Crippen LogP contribution is -2.29. The van der Waals surface area contributed by atoms with Gasteiger partial charge in [-0.15, -0.1) is 0 Å². The summed E-state index contributed by atoms with van der Waals surface area (Å²) in [5, 5.41) is 8.50. The van der Waals surface area contributed by atoms with E-state index in [1.165, 1.54) is 0 Å². The molecule has 20 heavy (non-hydrogen) atoms. The van der Waals surface area contributed by atoms with E-state index >= 15 is 0 Å². The number of nitrogens with two attached hydrogens (primary N) is 1. The topological polar surface area (TPSA) is 104 Å². The van der Waals surface area contributed by atoms with Gasteiger partial charge in [-0.2, -0.15) is 0 Å². The molecule has 0 aliphatic rings. The summed E-state index contributed by atoms with van der Waals surface area (Å²) < 4.78 is 0. The number of aromatic nitrogens is 2. The van der Waals surface area contributed by atoms with Crippen LogP contribution >= 0.6 is 0 Å². The van der Waals surface area contributed by atoms with Gasteiger partial charge < -0.3 is 11.1 Å². The Hall–Kier alpha value is -2.08. The highest BCUT2D eigenvalue weighted by Crippen LogP contribution is 2.14. The van der Waals surface area contributed by atoms with Crippen LogP contribution in [0.25, 0.3) is 10.8 Å². The lowest BCUT2D eigenvalue weighted by atomic mass is 10.1. The standard InChI is InChI=1S/C14H20N4O2/c1-2-3-4-5-12(15)16-9-6-7-10-11(8-9)14(20)18-17-13(10)19/h6-8,12,16H,2-5,15H2,1H3,(H,17,19)(H,18,20). The Morgan fingerprint density at radius 1 is 1.15 bits per heavy atom. The predicted molar refractivity (Wildman–Crippen MR) is 80.9 cm³/mol. The monoisotopic (exact) mass is 276 g/mol. The van der Waals surface area contributed by atoms with Crippen LogP contribution in [0.15, 0.2) is 27.8 Å². The molecule has 0 saturated carbocycles. The second-order valence-electron chi connectivity index (χ2n) is 4.92. The van der Waals surface area contributed by atoms with Gasteiger partial charge >= 0.3 is 0 Å². The van der Waals surface area contributed by atoms with Crippen molar-refractivity contribution >= 4 is 16.5 Å². The number of anilines is 1. The van der Waals surface area contributed by atoms with Gasteiger partial charge in [-0.25, -0.2) is 0 Å². The van der Waals surface area contributed by atoms with Crippen LogP contribution in [0.1, 0.15) is 32.6 Å². The molecule has 2 aromatic rings. The third-order valence-electron chi connectivity index (χ3n) is 3.27. The summed E-state index contributed by atoms with van der Waals surface area (Å²) in [6.45, 7) is 2.14. The lowest BCUT2D eigenvalue weighted by Gasteiger charge is -2.15. The molecule has 0 bridgehead atoms. The molecule has 6 nitrogen and oxygen atoms in total. The first-order valence-electron chi connectivity index (χ1n) is 6.88. The van der Waals surface area contributed by atoms with Crippen LogP contribution in [0.2, 0.25) is 0 Å². The van der Waals surface area contributed by atoms with Crippen molar-refractivity contribution in [1.29, 1.82) is 0 Å². The van der Waals surface area contributed by atoms with E-state index in [-0.39, 0.29) is 17.3 Å². The minimum absolute atomic E-state index is 0.153. The second-order valence-corrected chi connectivity index (χ2v) is 4.92. The van der Waals surface area contributed by atoms with E-state index in [1.807, 2.05) is 0 Å². The summed E-state index contributed by atoms with van der Waals surface area (Å²) in [5.74, 6) is 0. The summed E-state index contributed by atoms with van der Waals surface area (Å²) in [4.78, 5) is 23.3. The maximum Gasteiger partial charge on any atom is 0.270 e. The Morgan fingerprint density at radius 3 is 2.55 bits per heavy atom. The van der Waals surface area contributed by atoms with Gasteiger partial charge in [-0.3, -0.25) is 19.8 Å². The van der Waals surface area contributed by atoms with Crippen molar-refractivity contribution in [3.05, 3.63) is 38.9 Å². The molecule has 0 fully saturated rings. The first-order valence-corrected chi connectivity index (χ1v) is 6.88. The highest BCUT2D eigenvalue weighted by molar-refractivity contribution is 5.83. The molecule has 108 valence electrons. The fourth-order valence-corrected chi connectivity index (χ4v) is 2.17. The maximum absolute atomic E-state index is 11.7. The molecule has 0 spiro atoms. The van der Waals surface area contributed by atoms with Crippen LogP contribution in [0.4, 0.5) is 5.69 Å². The number of hydrogen-bond donors (Lipinski definition) is 4. The Kier molecular flexibility index (Phi) is 4.57. The number of rotatable bonds is 6. The minimum Gasteiger partial charge on any atom is -0.370 e. The van der Waals surface area contributed by atoms with Crippen molar-refractivity contribution in [2.24, 2.45) is 5.73 Å². The summed E-state index contributed by atoms with van der Waals surface area (Å²) in [6, 6.07) is 5.05. The molecule has 0 saturated heterocycles. The SMILES string of the molecule is CCCCCC(N)Nc1ccc2c(=O)[nH][nH]c(=O)c2c1. The van der Waals surface area contributed by atoms with Crippen molar-refractivity contribution in [3.8, 4) is 0 Å². The van der Waals surface area contributed by atoms with Crippen LogP contribution in [0, 0.1) is 0 Å². The van der Waals surface area contributed by atoms with Crippen LogP contribution in [-0.4, -0.2) is 16.4 Å².